The van der Waals surface area contributed by atoms with E-state index in [-0.39, 0.29) is 11.9 Å². The van der Waals surface area contributed by atoms with Crippen molar-refractivity contribution in [2.24, 2.45) is 0 Å². The van der Waals surface area contributed by atoms with Gasteiger partial charge in [0.1, 0.15) is 5.54 Å². The van der Waals surface area contributed by atoms with Gasteiger partial charge in [-0.05, 0) is 30.7 Å². The molecule has 0 bridgehead atoms. The number of carbonyl (C=O) groups excluding carboxylic acids is 2. The number of hydrogen-bond donors (Lipinski definition) is 1. The summed E-state index contributed by atoms with van der Waals surface area (Å²) in [6.45, 7) is 0. The lowest BCUT2D eigenvalue weighted by molar-refractivity contribution is -0.124. The van der Waals surface area contributed by atoms with Crippen molar-refractivity contribution in [3.05, 3.63) is 42.5 Å². The Morgan fingerprint density at radius 3 is 2.45 bits per heavy atom. The maximum atomic E-state index is 12.6. The molecule has 3 amide bonds. The second-order valence-corrected chi connectivity index (χ2v) is 5.50. The molecule has 1 aliphatic carbocycles. The van der Waals surface area contributed by atoms with Gasteiger partial charge in [-0.15, -0.1) is 0 Å². The van der Waals surface area contributed by atoms with Crippen molar-refractivity contribution in [3.63, 3.8) is 0 Å². The van der Waals surface area contributed by atoms with Crippen LogP contribution in [-0.2, 0) is 4.79 Å². The topological polar surface area (TPSA) is 49.4 Å². The predicted octanol–water partition coefficient (Wildman–Crippen LogP) is 2.82. The summed E-state index contributed by atoms with van der Waals surface area (Å²) in [6, 6.07) is 13.2. The number of benzene rings is 2. The maximum absolute atomic E-state index is 12.6. The predicted molar refractivity (Wildman–Crippen MR) is 76.5 cm³/mol. The van der Waals surface area contributed by atoms with E-state index >= 15 is 0 Å². The minimum atomic E-state index is -0.631. The van der Waals surface area contributed by atoms with Gasteiger partial charge in [0.25, 0.3) is 5.91 Å². The summed E-state index contributed by atoms with van der Waals surface area (Å²) in [5.41, 5.74) is 0.0444. The van der Waals surface area contributed by atoms with Crippen LogP contribution in [0.5, 0.6) is 0 Å². The number of nitrogens with zero attached hydrogens (tertiary/aromatic N) is 1. The normalized spacial score (nSPS) is 20.3. The van der Waals surface area contributed by atoms with Crippen molar-refractivity contribution in [1.82, 2.24) is 5.32 Å². The van der Waals surface area contributed by atoms with E-state index in [0.717, 1.165) is 30.0 Å². The fraction of sp³-hybridized carbons (Fsp3) is 0.250. The zero-order valence-electron chi connectivity index (χ0n) is 10.9. The number of imide groups is 1. The van der Waals surface area contributed by atoms with Crippen LogP contribution in [0.4, 0.5) is 10.5 Å². The van der Waals surface area contributed by atoms with E-state index < -0.39 is 5.54 Å². The molecule has 0 unspecified atom stereocenters. The van der Waals surface area contributed by atoms with Gasteiger partial charge in [0, 0.05) is 5.39 Å². The van der Waals surface area contributed by atoms with Crippen LogP contribution >= 0.6 is 0 Å². The van der Waals surface area contributed by atoms with Gasteiger partial charge in [-0.25, -0.2) is 9.69 Å². The summed E-state index contributed by atoms with van der Waals surface area (Å²) < 4.78 is 0. The van der Waals surface area contributed by atoms with Crippen molar-refractivity contribution in [1.29, 1.82) is 0 Å². The van der Waals surface area contributed by atoms with Crippen molar-refractivity contribution in [2.75, 3.05) is 4.90 Å². The van der Waals surface area contributed by atoms with Crippen molar-refractivity contribution in [2.45, 2.75) is 24.8 Å². The van der Waals surface area contributed by atoms with Crippen molar-refractivity contribution >= 4 is 28.4 Å². The highest BCUT2D eigenvalue weighted by Crippen LogP contribution is 2.40. The first-order chi connectivity index (χ1) is 9.71. The van der Waals surface area contributed by atoms with E-state index in [4.69, 9.17) is 0 Å². The van der Waals surface area contributed by atoms with E-state index in [1.54, 1.807) is 0 Å². The number of urea groups is 1. The highest BCUT2D eigenvalue weighted by atomic mass is 16.2. The summed E-state index contributed by atoms with van der Waals surface area (Å²) in [7, 11) is 0. The third-order valence-electron chi connectivity index (χ3n) is 4.38. The minimum absolute atomic E-state index is 0.106. The Morgan fingerprint density at radius 2 is 1.75 bits per heavy atom. The lowest BCUT2D eigenvalue weighted by Gasteiger charge is -2.34. The molecule has 2 aromatic rings. The summed E-state index contributed by atoms with van der Waals surface area (Å²) in [5.74, 6) is -0.106. The molecule has 1 saturated carbocycles. The molecule has 2 aliphatic rings. The van der Waals surface area contributed by atoms with Gasteiger partial charge in [-0.2, -0.15) is 0 Å². The lowest BCUT2D eigenvalue weighted by Crippen LogP contribution is -2.52. The Hall–Kier alpha value is -2.36. The van der Waals surface area contributed by atoms with Crippen LogP contribution in [0.2, 0.25) is 0 Å². The molecular formula is C16H14N2O2. The number of rotatable bonds is 1. The van der Waals surface area contributed by atoms with Crippen molar-refractivity contribution in [3.8, 4) is 0 Å². The Kier molecular flexibility index (Phi) is 2.19. The Bertz CT molecular complexity index is 729. The largest absolute Gasteiger partial charge is 0.329 e. The molecule has 2 fully saturated rings. The average molecular weight is 266 g/mol. The molecule has 2 aromatic carbocycles. The SMILES string of the molecule is O=C1NC2(CCC2)C(=O)N1c1cccc2ccccc12. The number of carbonyl (C=O) groups is 2. The van der Waals surface area contributed by atoms with Gasteiger partial charge in [0.05, 0.1) is 5.69 Å². The number of nitrogens with one attached hydrogen (secondary N) is 1. The van der Waals surface area contributed by atoms with Crippen LogP contribution in [0, 0.1) is 0 Å². The summed E-state index contributed by atoms with van der Waals surface area (Å²) in [4.78, 5) is 26.1. The Labute approximate surface area is 116 Å². The molecule has 0 atom stereocenters. The van der Waals surface area contributed by atoms with Crippen LogP contribution in [0.1, 0.15) is 19.3 Å². The second-order valence-electron chi connectivity index (χ2n) is 5.50. The zero-order chi connectivity index (χ0) is 13.7. The van der Waals surface area contributed by atoms with Crippen LogP contribution in [0.15, 0.2) is 42.5 Å². The zero-order valence-corrected chi connectivity index (χ0v) is 10.9. The van der Waals surface area contributed by atoms with E-state index in [0.29, 0.717) is 5.69 Å². The van der Waals surface area contributed by atoms with E-state index in [2.05, 4.69) is 5.32 Å². The van der Waals surface area contributed by atoms with E-state index in [9.17, 15) is 9.59 Å². The smallest absolute Gasteiger partial charge is 0.323 e. The quantitative estimate of drug-likeness (QED) is 0.807. The maximum Gasteiger partial charge on any atom is 0.329 e. The molecule has 4 nitrogen and oxygen atoms in total. The standard InChI is InChI=1S/C16H14N2O2/c19-14-16(9-4-10-16)17-15(20)18(14)13-8-3-6-11-5-1-2-7-12(11)13/h1-3,5-8H,4,9-10H2,(H,17,20). The number of hydrogen-bond acceptors (Lipinski definition) is 2. The monoisotopic (exact) mass is 266 g/mol. The third-order valence-corrected chi connectivity index (χ3v) is 4.38. The van der Waals surface area contributed by atoms with Gasteiger partial charge >= 0.3 is 6.03 Å². The van der Waals surface area contributed by atoms with Crippen LogP contribution in [0.3, 0.4) is 0 Å². The molecule has 100 valence electrons. The number of amides is 3. The van der Waals surface area contributed by atoms with Crippen molar-refractivity contribution < 1.29 is 9.59 Å². The summed E-state index contributed by atoms with van der Waals surface area (Å²) in [6.07, 6.45) is 2.49. The van der Waals surface area contributed by atoms with Gasteiger partial charge in [0.2, 0.25) is 0 Å². The highest BCUT2D eigenvalue weighted by Gasteiger charge is 2.55. The fourth-order valence-corrected chi connectivity index (χ4v) is 3.11. The third kappa shape index (κ3) is 1.36. The molecule has 1 spiro atoms. The van der Waals surface area contributed by atoms with Gasteiger partial charge in [0.15, 0.2) is 0 Å². The molecule has 0 radical (unpaired) electrons. The first-order valence-electron chi connectivity index (χ1n) is 6.86. The first-order valence-corrected chi connectivity index (χ1v) is 6.86. The van der Waals surface area contributed by atoms with Crippen LogP contribution in [0.25, 0.3) is 10.8 Å². The van der Waals surface area contributed by atoms with Gasteiger partial charge < -0.3 is 5.32 Å². The van der Waals surface area contributed by atoms with Crippen LogP contribution in [-0.4, -0.2) is 17.5 Å². The second kappa shape index (κ2) is 3.82. The summed E-state index contributed by atoms with van der Waals surface area (Å²) in [5, 5.41) is 4.82. The Balaban J connectivity index is 1.87. The van der Waals surface area contributed by atoms with E-state index in [1.165, 1.54) is 4.90 Å². The molecular weight excluding hydrogens is 252 g/mol. The molecule has 1 aliphatic heterocycles. The van der Waals surface area contributed by atoms with E-state index in [1.807, 2.05) is 42.5 Å². The highest BCUT2D eigenvalue weighted by molar-refractivity contribution is 6.26. The molecule has 1 heterocycles. The first kappa shape index (κ1) is 11.5. The molecule has 20 heavy (non-hydrogen) atoms. The lowest BCUT2D eigenvalue weighted by atomic mass is 9.77. The molecule has 1 saturated heterocycles. The number of anilines is 1. The Morgan fingerprint density at radius 1 is 1.00 bits per heavy atom. The van der Waals surface area contributed by atoms with Crippen LogP contribution < -0.4 is 10.2 Å². The van der Waals surface area contributed by atoms with Gasteiger partial charge in [-0.3, -0.25) is 4.79 Å². The molecule has 4 rings (SSSR count). The number of fused-ring (bicyclic) bond motifs is 1. The molecule has 1 N–H and O–H groups in total. The molecule has 0 aromatic heterocycles. The summed E-state index contributed by atoms with van der Waals surface area (Å²) >= 11 is 0. The minimum Gasteiger partial charge on any atom is -0.323 e. The fourth-order valence-electron chi connectivity index (χ4n) is 3.11. The molecule has 4 heteroatoms. The van der Waals surface area contributed by atoms with Gasteiger partial charge in [-0.1, -0.05) is 36.4 Å². The average Bonchev–Trinajstić information content (AvgIpc) is 2.70.